The second kappa shape index (κ2) is 8.64. The molecule has 3 nitrogen and oxygen atoms in total. The van der Waals surface area contributed by atoms with Gasteiger partial charge in [-0.3, -0.25) is 0 Å². The molecule has 0 bridgehead atoms. The summed E-state index contributed by atoms with van der Waals surface area (Å²) in [5, 5.41) is 10.5. The molecule has 0 unspecified atom stereocenters. The maximum Gasteiger partial charge on any atom is 0.338 e. The summed E-state index contributed by atoms with van der Waals surface area (Å²) in [6.07, 6.45) is 8.10. The zero-order chi connectivity index (χ0) is 20.1. The van der Waals surface area contributed by atoms with Crippen molar-refractivity contribution >= 4 is 17.6 Å². The monoisotopic (exact) mass is 378 g/mol. The van der Waals surface area contributed by atoms with Crippen LogP contribution in [0.4, 0.5) is 0 Å². The number of esters is 1. The Labute approximate surface area is 168 Å². The molecule has 0 aromatic heterocycles. The number of ether oxygens (including phenoxy) is 1. The van der Waals surface area contributed by atoms with Gasteiger partial charge in [0.05, 0.1) is 12.2 Å². The first-order valence-electron chi connectivity index (χ1n) is 10.2. The minimum absolute atomic E-state index is 0.0555. The van der Waals surface area contributed by atoms with Crippen LogP contribution in [0.15, 0.2) is 42.5 Å². The Morgan fingerprint density at radius 1 is 1.07 bits per heavy atom. The zero-order valence-corrected chi connectivity index (χ0v) is 17.1. The molecule has 0 amide bonds. The van der Waals surface area contributed by atoms with E-state index in [2.05, 4.69) is 26.0 Å². The first-order valence-corrected chi connectivity index (χ1v) is 10.2. The molecule has 1 saturated carbocycles. The summed E-state index contributed by atoms with van der Waals surface area (Å²) in [4.78, 5) is 11.8. The Morgan fingerprint density at radius 2 is 1.71 bits per heavy atom. The molecule has 1 aliphatic carbocycles. The Balaban J connectivity index is 1.85. The molecule has 0 heterocycles. The Morgan fingerprint density at radius 3 is 2.36 bits per heavy atom. The number of allylic oxidation sites excluding steroid dienone is 1. The number of hydrogen-bond acceptors (Lipinski definition) is 3. The third kappa shape index (κ3) is 4.46. The van der Waals surface area contributed by atoms with Gasteiger partial charge in [-0.05, 0) is 73.1 Å². The van der Waals surface area contributed by atoms with E-state index in [-0.39, 0.29) is 11.4 Å². The molecular formula is C25H30O3. The maximum atomic E-state index is 11.8. The van der Waals surface area contributed by atoms with Crippen LogP contribution in [0.2, 0.25) is 0 Å². The third-order valence-electron chi connectivity index (χ3n) is 5.86. The van der Waals surface area contributed by atoms with Crippen molar-refractivity contribution in [3.63, 3.8) is 0 Å². The predicted octanol–water partition coefficient (Wildman–Crippen LogP) is 6.35. The van der Waals surface area contributed by atoms with Gasteiger partial charge >= 0.3 is 5.97 Å². The molecule has 2 aromatic rings. The Kier molecular flexibility index (Phi) is 6.23. The van der Waals surface area contributed by atoms with Crippen LogP contribution in [0.25, 0.3) is 11.6 Å². The van der Waals surface area contributed by atoms with Crippen LogP contribution in [0.3, 0.4) is 0 Å². The largest absolute Gasteiger partial charge is 0.508 e. The average molecular weight is 379 g/mol. The molecule has 0 aliphatic heterocycles. The van der Waals surface area contributed by atoms with E-state index in [0.717, 1.165) is 35.1 Å². The molecule has 1 aliphatic rings. The first-order chi connectivity index (χ1) is 13.4. The number of carbonyl (C=O) groups is 1. The van der Waals surface area contributed by atoms with Crippen molar-refractivity contribution in [2.45, 2.75) is 58.3 Å². The fourth-order valence-corrected chi connectivity index (χ4v) is 4.13. The van der Waals surface area contributed by atoms with E-state index in [1.165, 1.54) is 19.3 Å². The first kappa shape index (κ1) is 20.2. The minimum Gasteiger partial charge on any atom is -0.508 e. The summed E-state index contributed by atoms with van der Waals surface area (Å²) >= 11 is 0. The van der Waals surface area contributed by atoms with Gasteiger partial charge in [0, 0.05) is 5.56 Å². The lowest BCUT2D eigenvalue weighted by atomic mass is 9.70. The van der Waals surface area contributed by atoms with Crippen LogP contribution in [0.1, 0.15) is 79.9 Å². The fraction of sp³-hybridized carbons (Fsp3) is 0.400. The lowest BCUT2D eigenvalue weighted by Gasteiger charge is -2.35. The summed E-state index contributed by atoms with van der Waals surface area (Å²) < 4.78 is 5.03. The molecule has 0 saturated heterocycles. The van der Waals surface area contributed by atoms with Crippen LogP contribution in [-0.2, 0) is 10.2 Å². The Bertz CT molecular complexity index is 856. The molecule has 3 heteroatoms. The van der Waals surface area contributed by atoms with Crippen molar-refractivity contribution in [2.75, 3.05) is 6.61 Å². The molecule has 1 N–H and O–H groups in total. The average Bonchev–Trinajstić information content (AvgIpc) is 2.69. The molecule has 2 aromatic carbocycles. The summed E-state index contributed by atoms with van der Waals surface area (Å²) in [6, 6.07) is 13.4. The molecule has 0 atom stereocenters. The highest BCUT2D eigenvalue weighted by Gasteiger charge is 2.31. The number of phenolic OH excluding ortho intramolecular Hbond substituents is 1. The quantitative estimate of drug-likeness (QED) is 0.487. The highest BCUT2D eigenvalue weighted by molar-refractivity contribution is 5.90. The predicted molar refractivity (Wildman–Crippen MR) is 114 cm³/mol. The number of carbonyl (C=O) groups excluding carboxylic acids is 1. The van der Waals surface area contributed by atoms with Crippen LogP contribution >= 0.6 is 0 Å². The van der Waals surface area contributed by atoms with Crippen LogP contribution in [-0.4, -0.2) is 17.7 Å². The summed E-state index contributed by atoms with van der Waals surface area (Å²) in [5.41, 5.74) is 4.96. The van der Waals surface area contributed by atoms with Crippen LogP contribution in [0.5, 0.6) is 5.75 Å². The van der Waals surface area contributed by atoms with Gasteiger partial charge in [0.1, 0.15) is 5.75 Å². The van der Waals surface area contributed by atoms with Gasteiger partial charge < -0.3 is 9.84 Å². The topological polar surface area (TPSA) is 46.5 Å². The zero-order valence-electron chi connectivity index (χ0n) is 17.1. The van der Waals surface area contributed by atoms with Gasteiger partial charge in [-0.25, -0.2) is 4.79 Å². The molecule has 0 radical (unpaired) electrons. The Hall–Kier alpha value is -2.55. The van der Waals surface area contributed by atoms with E-state index in [4.69, 9.17) is 4.74 Å². The second-order valence-corrected chi connectivity index (χ2v) is 8.02. The van der Waals surface area contributed by atoms with Gasteiger partial charge in [0.2, 0.25) is 0 Å². The maximum absolute atomic E-state index is 11.8. The van der Waals surface area contributed by atoms with Crippen LogP contribution in [0, 0.1) is 0 Å². The van der Waals surface area contributed by atoms with E-state index in [9.17, 15) is 9.90 Å². The summed E-state index contributed by atoms with van der Waals surface area (Å²) in [7, 11) is 0. The summed E-state index contributed by atoms with van der Waals surface area (Å²) in [6.45, 7) is 6.54. The van der Waals surface area contributed by atoms with Crippen molar-refractivity contribution < 1.29 is 14.6 Å². The van der Waals surface area contributed by atoms with Gasteiger partial charge in [-0.15, -0.1) is 0 Å². The second-order valence-electron chi connectivity index (χ2n) is 8.02. The molecule has 3 rings (SSSR count). The van der Waals surface area contributed by atoms with Gasteiger partial charge in [0.15, 0.2) is 0 Å². The summed E-state index contributed by atoms with van der Waals surface area (Å²) in [5.74, 6) is 0.110. The highest BCUT2D eigenvalue weighted by Crippen LogP contribution is 2.43. The molecule has 28 heavy (non-hydrogen) atoms. The van der Waals surface area contributed by atoms with E-state index < -0.39 is 0 Å². The van der Waals surface area contributed by atoms with E-state index in [1.54, 1.807) is 19.1 Å². The fourth-order valence-electron chi connectivity index (χ4n) is 4.13. The van der Waals surface area contributed by atoms with E-state index in [1.807, 2.05) is 24.3 Å². The number of hydrogen-bond donors (Lipinski definition) is 1. The van der Waals surface area contributed by atoms with Crippen LogP contribution < -0.4 is 0 Å². The number of rotatable bonds is 5. The third-order valence-corrected chi connectivity index (χ3v) is 5.86. The minimum atomic E-state index is -0.293. The SMILES string of the molecule is CCOC(=O)c1ccc(/C=C(\C)c2ccc(O)c(C3(C)CCCCC3)c2)cc1. The highest BCUT2D eigenvalue weighted by atomic mass is 16.5. The molecular weight excluding hydrogens is 348 g/mol. The normalized spacial score (nSPS) is 16.6. The van der Waals surface area contributed by atoms with Gasteiger partial charge in [-0.2, -0.15) is 0 Å². The van der Waals surface area contributed by atoms with Crippen molar-refractivity contribution in [2.24, 2.45) is 0 Å². The van der Waals surface area contributed by atoms with E-state index >= 15 is 0 Å². The van der Waals surface area contributed by atoms with E-state index in [0.29, 0.717) is 17.9 Å². The van der Waals surface area contributed by atoms with Crippen molar-refractivity contribution in [3.8, 4) is 5.75 Å². The molecule has 148 valence electrons. The lowest BCUT2D eigenvalue weighted by molar-refractivity contribution is 0.0526. The number of phenols is 1. The van der Waals surface area contributed by atoms with Crippen molar-refractivity contribution in [1.29, 1.82) is 0 Å². The number of benzene rings is 2. The number of aromatic hydroxyl groups is 1. The standard InChI is InChI=1S/C25H30O3/c1-4-28-24(27)20-10-8-19(9-11-20)16-18(2)21-12-13-23(26)22(17-21)25(3)14-6-5-7-15-25/h8-13,16-17,26H,4-7,14-15H2,1-3H3/b18-16+. The van der Waals surface area contributed by atoms with Gasteiger partial charge in [-0.1, -0.05) is 50.5 Å². The molecule has 0 spiro atoms. The van der Waals surface area contributed by atoms with Gasteiger partial charge in [0.25, 0.3) is 0 Å². The lowest BCUT2D eigenvalue weighted by Crippen LogP contribution is -2.25. The molecule has 1 fully saturated rings. The van der Waals surface area contributed by atoms with Crippen molar-refractivity contribution in [1.82, 2.24) is 0 Å². The smallest absolute Gasteiger partial charge is 0.338 e. The van der Waals surface area contributed by atoms with Crippen molar-refractivity contribution in [3.05, 3.63) is 64.7 Å².